The van der Waals surface area contributed by atoms with Gasteiger partial charge in [0.2, 0.25) is 5.13 Å². The van der Waals surface area contributed by atoms with Crippen LogP contribution in [0, 0.1) is 0 Å². The van der Waals surface area contributed by atoms with E-state index in [0.717, 1.165) is 24.2 Å². The summed E-state index contributed by atoms with van der Waals surface area (Å²) in [6.45, 7) is 2.82. The number of methoxy groups -OCH3 is 1. The molecule has 2 rings (SSSR count). The van der Waals surface area contributed by atoms with Gasteiger partial charge in [-0.05, 0) is 30.2 Å². The molecule has 22 heavy (non-hydrogen) atoms. The zero-order valence-electron chi connectivity index (χ0n) is 12.7. The van der Waals surface area contributed by atoms with Crippen LogP contribution in [0.3, 0.4) is 0 Å². The Labute approximate surface area is 134 Å². The van der Waals surface area contributed by atoms with Crippen molar-refractivity contribution in [1.82, 2.24) is 4.98 Å². The number of nitrogens with two attached hydrogens (primary N) is 1. The van der Waals surface area contributed by atoms with Gasteiger partial charge in [0.1, 0.15) is 5.82 Å². The number of benzene rings is 1. The molecule has 6 nitrogen and oxygen atoms in total. The molecule has 0 atom stereocenters. The van der Waals surface area contributed by atoms with E-state index in [0.29, 0.717) is 23.3 Å². The Hall–Kier alpha value is -2.28. The summed E-state index contributed by atoms with van der Waals surface area (Å²) in [6.07, 6.45) is 3.81. The summed E-state index contributed by atoms with van der Waals surface area (Å²) in [5, 5.41) is 6.53. The minimum Gasteiger partial charge on any atom is -0.493 e. The highest BCUT2D eigenvalue weighted by atomic mass is 32.1. The van der Waals surface area contributed by atoms with E-state index in [4.69, 9.17) is 15.2 Å². The predicted octanol–water partition coefficient (Wildman–Crippen LogP) is 3.36. The SMILES string of the molecule is CCCCOc1ccc(C=NNc2nc(N)cs2)cc1OC. The van der Waals surface area contributed by atoms with Gasteiger partial charge in [0.15, 0.2) is 11.5 Å². The molecule has 7 heteroatoms. The van der Waals surface area contributed by atoms with Gasteiger partial charge in [-0.15, -0.1) is 11.3 Å². The summed E-state index contributed by atoms with van der Waals surface area (Å²) in [7, 11) is 1.62. The van der Waals surface area contributed by atoms with Gasteiger partial charge in [0.25, 0.3) is 0 Å². The van der Waals surface area contributed by atoms with Gasteiger partial charge in [-0.3, -0.25) is 5.43 Å². The number of nitrogens with one attached hydrogen (secondary N) is 1. The maximum atomic E-state index is 5.69. The molecular weight excluding hydrogens is 300 g/mol. The van der Waals surface area contributed by atoms with Crippen molar-refractivity contribution in [3.05, 3.63) is 29.1 Å². The summed E-state index contributed by atoms with van der Waals surface area (Å²) >= 11 is 1.40. The number of hydrogen-bond donors (Lipinski definition) is 2. The highest BCUT2D eigenvalue weighted by Crippen LogP contribution is 2.27. The lowest BCUT2D eigenvalue weighted by atomic mass is 10.2. The van der Waals surface area contributed by atoms with E-state index >= 15 is 0 Å². The minimum atomic E-state index is 0.484. The van der Waals surface area contributed by atoms with Crippen molar-refractivity contribution in [3.8, 4) is 11.5 Å². The number of ether oxygens (including phenoxy) is 2. The zero-order valence-corrected chi connectivity index (χ0v) is 13.5. The largest absolute Gasteiger partial charge is 0.493 e. The number of nitrogen functional groups attached to an aromatic ring is 1. The van der Waals surface area contributed by atoms with Crippen LogP contribution >= 0.6 is 11.3 Å². The maximum Gasteiger partial charge on any atom is 0.205 e. The Morgan fingerprint density at radius 3 is 2.95 bits per heavy atom. The Morgan fingerprint density at radius 1 is 1.41 bits per heavy atom. The molecule has 2 aromatic rings. The average Bonchev–Trinajstić information content (AvgIpc) is 2.94. The highest BCUT2D eigenvalue weighted by Gasteiger charge is 2.05. The van der Waals surface area contributed by atoms with Gasteiger partial charge in [-0.2, -0.15) is 5.10 Å². The summed E-state index contributed by atoms with van der Waals surface area (Å²) in [6, 6.07) is 5.69. The quantitative estimate of drug-likeness (QED) is 0.443. The van der Waals surface area contributed by atoms with Crippen molar-refractivity contribution in [3.63, 3.8) is 0 Å². The van der Waals surface area contributed by atoms with Gasteiger partial charge in [-0.1, -0.05) is 13.3 Å². The fourth-order valence-corrected chi connectivity index (χ4v) is 2.26. The molecule has 1 aromatic carbocycles. The van der Waals surface area contributed by atoms with Crippen LogP contribution in [0.5, 0.6) is 11.5 Å². The average molecular weight is 320 g/mol. The number of unbranched alkanes of at least 4 members (excludes halogenated alkanes) is 1. The molecular formula is C15H20N4O2S. The van der Waals surface area contributed by atoms with Crippen LogP contribution < -0.4 is 20.6 Å². The van der Waals surface area contributed by atoms with E-state index in [-0.39, 0.29) is 0 Å². The molecule has 0 amide bonds. The second kappa shape index (κ2) is 8.23. The fraction of sp³-hybridized carbons (Fsp3) is 0.333. The number of nitrogens with zero attached hydrogens (tertiary/aromatic N) is 2. The van der Waals surface area contributed by atoms with Crippen molar-refractivity contribution in [2.24, 2.45) is 5.10 Å². The van der Waals surface area contributed by atoms with Crippen molar-refractivity contribution >= 4 is 28.5 Å². The number of anilines is 2. The Kier molecular flexibility index (Phi) is 6.02. The molecule has 0 unspecified atom stereocenters. The first kappa shape index (κ1) is 16.1. The van der Waals surface area contributed by atoms with E-state index in [1.165, 1.54) is 11.3 Å². The topological polar surface area (TPSA) is 81.8 Å². The summed E-state index contributed by atoms with van der Waals surface area (Å²) < 4.78 is 11.0. The van der Waals surface area contributed by atoms with Gasteiger partial charge in [-0.25, -0.2) is 4.98 Å². The van der Waals surface area contributed by atoms with Crippen LogP contribution in [0.15, 0.2) is 28.7 Å². The fourth-order valence-electron chi connectivity index (χ4n) is 1.71. The number of aromatic nitrogens is 1. The Balaban J connectivity index is 1.99. The number of rotatable bonds is 8. The maximum absolute atomic E-state index is 5.69. The highest BCUT2D eigenvalue weighted by molar-refractivity contribution is 7.14. The minimum absolute atomic E-state index is 0.484. The van der Waals surface area contributed by atoms with E-state index in [1.807, 2.05) is 18.2 Å². The molecule has 0 aliphatic heterocycles. The van der Waals surface area contributed by atoms with E-state index in [1.54, 1.807) is 18.7 Å². The molecule has 1 heterocycles. The zero-order chi connectivity index (χ0) is 15.8. The van der Waals surface area contributed by atoms with Gasteiger partial charge in [0, 0.05) is 5.38 Å². The van der Waals surface area contributed by atoms with Crippen molar-refractivity contribution in [1.29, 1.82) is 0 Å². The summed E-state index contributed by atoms with van der Waals surface area (Å²) in [4.78, 5) is 4.06. The number of hydrogen-bond acceptors (Lipinski definition) is 7. The normalized spacial score (nSPS) is 10.8. The second-order valence-electron chi connectivity index (χ2n) is 4.56. The van der Waals surface area contributed by atoms with Gasteiger partial charge >= 0.3 is 0 Å². The second-order valence-corrected chi connectivity index (χ2v) is 5.42. The van der Waals surface area contributed by atoms with E-state index in [9.17, 15) is 0 Å². The molecule has 0 fully saturated rings. The van der Waals surface area contributed by atoms with Gasteiger partial charge in [0.05, 0.1) is 19.9 Å². The number of thiazole rings is 1. The molecule has 0 radical (unpaired) electrons. The van der Waals surface area contributed by atoms with Crippen molar-refractivity contribution < 1.29 is 9.47 Å². The lowest BCUT2D eigenvalue weighted by Crippen LogP contribution is -1.99. The monoisotopic (exact) mass is 320 g/mol. The Bertz CT molecular complexity index is 628. The van der Waals surface area contributed by atoms with Crippen molar-refractivity contribution in [2.75, 3.05) is 24.9 Å². The molecule has 0 saturated carbocycles. The molecule has 0 spiro atoms. The molecule has 118 valence electrons. The van der Waals surface area contributed by atoms with Crippen LogP contribution in [0.4, 0.5) is 10.9 Å². The molecule has 0 bridgehead atoms. The first-order valence-electron chi connectivity index (χ1n) is 7.04. The van der Waals surface area contributed by atoms with Gasteiger partial charge < -0.3 is 15.2 Å². The molecule has 0 aliphatic rings. The number of hydrazone groups is 1. The summed E-state index contributed by atoms with van der Waals surface area (Å²) in [5.74, 6) is 1.92. The molecule has 0 saturated heterocycles. The first-order valence-corrected chi connectivity index (χ1v) is 7.91. The lowest BCUT2D eigenvalue weighted by Gasteiger charge is -2.10. The van der Waals surface area contributed by atoms with Crippen LogP contribution in [-0.4, -0.2) is 24.9 Å². The standard InChI is InChI=1S/C15H20N4O2S/c1-3-4-7-21-12-6-5-11(8-13(12)20-2)9-17-19-15-18-14(16)10-22-15/h5-6,8-10H,3-4,7,16H2,1-2H3,(H,18,19). The molecule has 1 aromatic heterocycles. The lowest BCUT2D eigenvalue weighted by molar-refractivity contribution is 0.288. The van der Waals surface area contributed by atoms with Crippen molar-refractivity contribution in [2.45, 2.75) is 19.8 Å². The van der Waals surface area contributed by atoms with E-state index < -0.39 is 0 Å². The van der Waals surface area contributed by atoms with Crippen LogP contribution in [0.2, 0.25) is 0 Å². The summed E-state index contributed by atoms with van der Waals surface area (Å²) in [5.41, 5.74) is 9.28. The predicted molar refractivity (Wildman–Crippen MR) is 91.1 cm³/mol. The van der Waals surface area contributed by atoms with E-state index in [2.05, 4.69) is 22.4 Å². The smallest absolute Gasteiger partial charge is 0.205 e. The first-order chi connectivity index (χ1) is 10.7. The van der Waals surface area contributed by atoms with Crippen LogP contribution in [-0.2, 0) is 0 Å². The third-order valence-corrected chi connectivity index (χ3v) is 3.60. The third-order valence-electron chi connectivity index (χ3n) is 2.84. The molecule has 0 aliphatic carbocycles. The Morgan fingerprint density at radius 2 is 2.27 bits per heavy atom. The third kappa shape index (κ3) is 4.63. The van der Waals surface area contributed by atoms with Crippen LogP contribution in [0.25, 0.3) is 0 Å². The molecule has 3 N–H and O–H groups in total. The van der Waals surface area contributed by atoms with Crippen LogP contribution in [0.1, 0.15) is 25.3 Å².